The number of nitrogen functional groups attached to an aromatic ring is 1. The summed E-state index contributed by atoms with van der Waals surface area (Å²) in [7, 11) is 1.83. The Balaban J connectivity index is 1.90. The Morgan fingerprint density at radius 3 is 2.33 bits per heavy atom. The maximum atomic E-state index is 12.4. The summed E-state index contributed by atoms with van der Waals surface area (Å²) in [5.41, 5.74) is 9.66. The first-order valence-electron chi connectivity index (χ1n) is 7.62. The Labute approximate surface area is 140 Å². The van der Waals surface area contributed by atoms with Crippen molar-refractivity contribution in [1.82, 2.24) is 0 Å². The molecule has 0 aromatic heterocycles. The number of ether oxygens (including phenoxy) is 1. The second-order valence-corrected chi connectivity index (χ2v) is 5.34. The number of carbonyl (C=O) groups excluding carboxylic acids is 1. The summed E-state index contributed by atoms with van der Waals surface area (Å²) in [4.78, 5) is 12.4. The van der Waals surface area contributed by atoms with Crippen LogP contribution in [0.5, 0.6) is 5.75 Å². The quantitative estimate of drug-likeness (QED) is 0.430. The molecule has 0 bridgehead atoms. The van der Waals surface area contributed by atoms with Crippen LogP contribution >= 0.6 is 0 Å². The van der Waals surface area contributed by atoms with Crippen molar-refractivity contribution in [3.8, 4) is 16.9 Å². The predicted molar refractivity (Wildman–Crippen MR) is 97.2 cm³/mol. The van der Waals surface area contributed by atoms with Crippen molar-refractivity contribution in [2.45, 2.75) is 0 Å². The van der Waals surface area contributed by atoms with E-state index in [1.165, 1.54) is 0 Å². The van der Waals surface area contributed by atoms with Crippen molar-refractivity contribution in [2.24, 2.45) is 0 Å². The molecule has 24 heavy (non-hydrogen) atoms. The maximum absolute atomic E-state index is 12.4. The molecule has 3 N–H and O–H groups in total. The standard InChI is InChI=1S/C20H18N2O2/c1-22-17-10-7-15(8-11-17)20(23)24-19-12-9-16(21)13-18(19)14-5-3-2-4-6-14/h2-13,22H,21H2,1H3. The molecule has 0 fully saturated rings. The summed E-state index contributed by atoms with van der Waals surface area (Å²) < 4.78 is 5.60. The number of rotatable bonds is 4. The van der Waals surface area contributed by atoms with E-state index in [0.29, 0.717) is 17.0 Å². The molecule has 3 aromatic rings. The zero-order valence-electron chi connectivity index (χ0n) is 13.3. The fourth-order valence-electron chi connectivity index (χ4n) is 2.41. The number of hydrogen-bond donors (Lipinski definition) is 2. The topological polar surface area (TPSA) is 64.3 Å². The smallest absolute Gasteiger partial charge is 0.343 e. The minimum absolute atomic E-state index is 0.403. The van der Waals surface area contributed by atoms with Gasteiger partial charge in [-0.25, -0.2) is 4.79 Å². The number of nitrogens with one attached hydrogen (secondary N) is 1. The summed E-state index contributed by atoms with van der Waals surface area (Å²) in [6.07, 6.45) is 0. The number of benzene rings is 3. The van der Waals surface area contributed by atoms with Crippen molar-refractivity contribution in [3.63, 3.8) is 0 Å². The fourth-order valence-corrected chi connectivity index (χ4v) is 2.41. The van der Waals surface area contributed by atoms with Crippen LogP contribution in [0.3, 0.4) is 0 Å². The van der Waals surface area contributed by atoms with Crippen molar-refractivity contribution < 1.29 is 9.53 Å². The van der Waals surface area contributed by atoms with Gasteiger partial charge in [0.2, 0.25) is 0 Å². The first-order chi connectivity index (χ1) is 11.7. The van der Waals surface area contributed by atoms with Crippen molar-refractivity contribution in [3.05, 3.63) is 78.4 Å². The van der Waals surface area contributed by atoms with Crippen LogP contribution in [0.4, 0.5) is 11.4 Å². The number of nitrogens with two attached hydrogens (primary N) is 1. The summed E-state index contributed by atoms with van der Waals surface area (Å²) in [6.45, 7) is 0. The van der Waals surface area contributed by atoms with E-state index in [0.717, 1.165) is 16.8 Å². The highest BCUT2D eigenvalue weighted by Crippen LogP contribution is 2.32. The molecule has 120 valence electrons. The van der Waals surface area contributed by atoms with Crippen LogP contribution in [0.15, 0.2) is 72.8 Å². The Morgan fingerprint density at radius 1 is 0.958 bits per heavy atom. The molecule has 0 aliphatic rings. The molecule has 0 spiro atoms. The van der Waals surface area contributed by atoms with E-state index in [1.807, 2.05) is 55.6 Å². The molecule has 0 saturated carbocycles. The molecule has 3 aromatic carbocycles. The summed E-state index contributed by atoms with van der Waals surface area (Å²) in [5, 5.41) is 3.01. The van der Waals surface area contributed by atoms with E-state index in [1.54, 1.807) is 24.3 Å². The van der Waals surface area contributed by atoms with Gasteiger partial charge in [-0.2, -0.15) is 0 Å². The summed E-state index contributed by atoms with van der Waals surface area (Å²) >= 11 is 0. The first kappa shape index (κ1) is 15.6. The van der Waals surface area contributed by atoms with Gasteiger partial charge in [0, 0.05) is 24.0 Å². The maximum Gasteiger partial charge on any atom is 0.343 e. The van der Waals surface area contributed by atoms with Gasteiger partial charge in [-0.3, -0.25) is 0 Å². The van der Waals surface area contributed by atoms with Crippen LogP contribution < -0.4 is 15.8 Å². The lowest BCUT2D eigenvalue weighted by atomic mass is 10.0. The van der Waals surface area contributed by atoms with Gasteiger partial charge >= 0.3 is 5.97 Å². The fraction of sp³-hybridized carbons (Fsp3) is 0.0500. The van der Waals surface area contributed by atoms with Crippen LogP contribution in [-0.2, 0) is 0 Å². The Morgan fingerprint density at radius 2 is 1.67 bits per heavy atom. The average Bonchev–Trinajstić information content (AvgIpc) is 2.64. The molecule has 0 atom stereocenters. The third-order valence-electron chi connectivity index (χ3n) is 3.70. The number of esters is 1. The van der Waals surface area contributed by atoms with Gasteiger partial charge in [-0.15, -0.1) is 0 Å². The largest absolute Gasteiger partial charge is 0.422 e. The molecule has 0 radical (unpaired) electrons. The van der Waals surface area contributed by atoms with Gasteiger partial charge in [0.15, 0.2) is 0 Å². The third kappa shape index (κ3) is 3.38. The molecule has 4 heteroatoms. The summed E-state index contributed by atoms with van der Waals surface area (Å²) in [5.74, 6) is 0.0812. The molecule has 0 heterocycles. The lowest BCUT2D eigenvalue weighted by Crippen LogP contribution is -2.09. The first-order valence-corrected chi connectivity index (χ1v) is 7.62. The van der Waals surface area contributed by atoms with Crippen LogP contribution in [0, 0.1) is 0 Å². The molecule has 0 amide bonds. The molecule has 0 aliphatic carbocycles. The molecular formula is C20H18N2O2. The normalized spacial score (nSPS) is 10.2. The Hall–Kier alpha value is -3.27. The van der Waals surface area contributed by atoms with Crippen LogP contribution in [0.25, 0.3) is 11.1 Å². The van der Waals surface area contributed by atoms with Crippen molar-refractivity contribution in [2.75, 3.05) is 18.1 Å². The molecular weight excluding hydrogens is 300 g/mol. The molecule has 4 nitrogen and oxygen atoms in total. The third-order valence-corrected chi connectivity index (χ3v) is 3.70. The highest BCUT2D eigenvalue weighted by molar-refractivity contribution is 5.92. The molecule has 0 unspecified atom stereocenters. The minimum Gasteiger partial charge on any atom is -0.422 e. The zero-order valence-corrected chi connectivity index (χ0v) is 13.3. The van der Waals surface area contributed by atoms with Crippen molar-refractivity contribution >= 4 is 17.3 Å². The van der Waals surface area contributed by atoms with Gasteiger partial charge in [-0.1, -0.05) is 30.3 Å². The number of anilines is 2. The Kier molecular flexibility index (Phi) is 4.47. The number of hydrogen-bond acceptors (Lipinski definition) is 4. The second-order valence-electron chi connectivity index (χ2n) is 5.34. The highest BCUT2D eigenvalue weighted by Gasteiger charge is 2.13. The van der Waals surface area contributed by atoms with E-state index in [9.17, 15) is 4.79 Å². The van der Waals surface area contributed by atoms with E-state index >= 15 is 0 Å². The van der Waals surface area contributed by atoms with Crippen LogP contribution in [0.2, 0.25) is 0 Å². The summed E-state index contributed by atoms with van der Waals surface area (Å²) in [6, 6.07) is 22.1. The van der Waals surface area contributed by atoms with Crippen molar-refractivity contribution in [1.29, 1.82) is 0 Å². The van der Waals surface area contributed by atoms with Gasteiger partial charge in [-0.05, 0) is 48.0 Å². The lowest BCUT2D eigenvalue weighted by molar-refractivity contribution is 0.0735. The van der Waals surface area contributed by atoms with E-state index < -0.39 is 5.97 Å². The number of carbonyl (C=O) groups is 1. The lowest BCUT2D eigenvalue weighted by Gasteiger charge is -2.11. The van der Waals surface area contributed by atoms with Crippen LogP contribution in [0.1, 0.15) is 10.4 Å². The van der Waals surface area contributed by atoms with E-state index in [2.05, 4.69) is 5.32 Å². The SMILES string of the molecule is CNc1ccc(C(=O)Oc2ccc(N)cc2-c2ccccc2)cc1. The predicted octanol–water partition coefficient (Wildman–Crippen LogP) is 4.20. The van der Waals surface area contributed by atoms with Gasteiger partial charge in [0.05, 0.1) is 5.56 Å². The Bertz CT molecular complexity index is 843. The zero-order chi connectivity index (χ0) is 16.9. The van der Waals surface area contributed by atoms with Gasteiger partial charge in [0.25, 0.3) is 0 Å². The molecule has 0 aliphatic heterocycles. The van der Waals surface area contributed by atoms with E-state index in [-0.39, 0.29) is 0 Å². The average molecular weight is 318 g/mol. The minimum atomic E-state index is -0.403. The second kappa shape index (κ2) is 6.87. The molecule has 0 saturated heterocycles. The van der Waals surface area contributed by atoms with Crippen LogP contribution in [-0.4, -0.2) is 13.0 Å². The van der Waals surface area contributed by atoms with E-state index in [4.69, 9.17) is 10.5 Å². The highest BCUT2D eigenvalue weighted by atomic mass is 16.5. The van der Waals surface area contributed by atoms with Gasteiger partial charge < -0.3 is 15.8 Å². The monoisotopic (exact) mass is 318 g/mol. The van der Waals surface area contributed by atoms with Gasteiger partial charge in [0.1, 0.15) is 5.75 Å². The molecule has 3 rings (SSSR count).